The van der Waals surface area contributed by atoms with Gasteiger partial charge < -0.3 is 0 Å². The van der Waals surface area contributed by atoms with E-state index in [4.69, 9.17) is 0 Å². The van der Waals surface area contributed by atoms with Crippen LogP contribution in [-0.4, -0.2) is 35.9 Å². The number of rotatable bonds is 1. The van der Waals surface area contributed by atoms with E-state index in [-0.39, 0.29) is 6.04 Å². The van der Waals surface area contributed by atoms with Gasteiger partial charge in [-0.15, -0.1) is 0 Å². The van der Waals surface area contributed by atoms with Crippen molar-refractivity contribution in [2.45, 2.75) is 12.5 Å². The molecule has 0 radical (unpaired) electrons. The molecular formula is C6H11NOS. The lowest BCUT2D eigenvalue weighted by atomic mass is 10.2. The Balaban J connectivity index is 2.49. The van der Waals surface area contributed by atoms with E-state index >= 15 is 0 Å². The van der Waals surface area contributed by atoms with Crippen LogP contribution in [0.2, 0.25) is 0 Å². The highest BCUT2D eigenvalue weighted by molar-refractivity contribution is 8.14. The third-order valence-electron chi connectivity index (χ3n) is 1.53. The smallest absolute Gasteiger partial charge is 0.206 e. The van der Waals surface area contributed by atoms with Crippen LogP contribution >= 0.6 is 11.8 Å². The van der Waals surface area contributed by atoms with Crippen LogP contribution in [0.3, 0.4) is 0 Å². The van der Waals surface area contributed by atoms with Gasteiger partial charge in [-0.1, -0.05) is 11.8 Å². The van der Waals surface area contributed by atoms with Crippen molar-refractivity contribution < 1.29 is 4.79 Å². The monoisotopic (exact) mass is 145 g/mol. The average Bonchev–Trinajstić information content (AvgIpc) is 2.13. The second-order valence-electron chi connectivity index (χ2n) is 2.44. The predicted octanol–water partition coefficient (Wildman–Crippen LogP) is 0.580. The largest absolute Gasteiger partial charge is 0.299 e. The van der Waals surface area contributed by atoms with Crippen LogP contribution in [0.25, 0.3) is 0 Å². The standard InChI is InChI=1S/C6H11NOS/c1-7(2)5-3-4-9-6(5)8/h5H,3-4H2,1-2H3/t5-/m1/s1. The van der Waals surface area contributed by atoms with Gasteiger partial charge in [0.25, 0.3) is 0 Å². The van der Waals surface area contributed by atoms with Crippen LogP contribution in [0.5, 0.6) is 0 Å². The van der Waals surface area contributed by atoms with Gasteiger partial charge in [0.1, 0.15) is 0 Å². The molecule has 1 aliphatic rings. The average molecular weight is 145 g/mol. The molecule has 0 saturated carbocycles. The molecule has 1 heterocycles. The number of carbonyl (C=O) groups excluding carboxylic acids is 1. The molecule has 1 aliphatic heterocycles. The fourth-order valence-corrected chi connectivity index (χ4v) is 2.02. The summed E-state index contributed by atoms with van der Waals surface area (Å²) in [6, 6.07) is 0.190. The van der Waals surface area contributed by atoms with E-state index < -0.39 is 0 Å². The van der Waals surface area contributed by atoms with Crippen LogP contribution in [0.4, 0.5) is 0 Å². The SMILES string of the molecule is CN(C)[C@@H]1CCSC1=O. The van der Waals surface area contributed by atoms with Gasteiger partial charge >= 0.3 is 0 Å². The summed E-state index contributed by atoms with van der Waals surface area (Å²) in [5.74, 6) is 1.00. The fourth-order valence-electron chi connectivity index (χ4n) is 0.954. The summed E-state index contributed by atoms with van der Waals surface area (Å²) in [6.45, 7) is 0. The second kappa shape index (κ2) is 2.71. The van der Waals surface area contributed by atoms with E-state index in [1.165, 1.54) is 11.8 Å². The van der Waals surface area contributed by atoms with Crippen LogP contribution in [0.15, 0.2) is 0 Å². The molecule has 0 N–H and O–H groups in total. The summed E-state index contributed by atoms with van der Waals surface area (Å²) >= 11 is 1.45. The van der Waals surface area contributed by atoms with Crippen LogP contribution < -0.4 is 0 Å². The van der Waals surface area contributed by atoms with Gasteiger partial charge in [-0.25, -0.2) is 0 Å². The minimum atomic E-state index is 0.190. The molecule has 3 heteroatoms. The van der Waals surface area contributed by atoms with Crippen LogP contribution in [0.1, 0.15) is 6.42 Å². The van der Waals surface area contributed by atoms with Crippen molar-refractivity contribution in [2.75, 3.05) is 19.8 Å². The predicted molar refractivity (Wildman–Crippen MR) is 39.6 cm³/mol. The summed E-state index contributed by atoms with van der Waals surface area (Å²) in [6.07, 6.45) is 1.02. The Morgan fingerprint density at radius 2 is 2.33 bits per heavy atom. The molecule has 0 spiro atoms. The summed E-state index contributed by atoms with van der Waals surface area (Å²) in [4.78, 5) is 12.9. The van der Waals surface area contributed by atoms with Gasteiger partial charge in [0.15, 0.2) is 0 Å². The maximum atomic E-state index is 10.9. The molecule has 0 aliphatic carbocycles. The molecule has 2 nitrogen and oxygen atoms in total. The van der Waals surface area contributed by atoms with Crippen molar-refractivity contribution in [3.05, 3.63) is 0 Å². The molecule has 1 atom stereocenters. The lowest BCUT2D eigenvalue weighted by molar-refractivity contribution is -0.114. The molecule has 52 valence electrons. The highest BCUT2D eigenvalue weighted by atomic mass is 32.2. The highest BCUT2D eigenvalue weighted by Crippen LogP contribution is 2.22. The van der Waals surface area contributed by atoms with Gasteiger partial charge in [-0.05, 0) is 20.5 Å². The van der Waals surface area contributed by atoms with Crippen LogP contribution in [-0.2, 0) is 4.79 Å². The number of carbonyl (C=O) groups is 1. The van der Waals surface area contributed by atoms with E-state index in [2.05, 4.69) is 0 Å². The zero-order valence-corrected chi connectivity index (χ0v) is 6.57. The van der Waals surface area contributed by atoms with Gasteiger partial charge in [-0.2, -0.15) is 0 Å². The lowest BCUT2D eigenvalue weighted by Crippen LogP contribution is -2.30. The summed E-state index contributed by atoms with van der Waals surface area (Å²) in [5.41, 5.74) is 0. The molecule has 0 aromatic carbocycles. The maximum Gasteiger partial charge on any atom is 0.206 e. The molecule has 0 unspecified atom stereocenters. The third kappa shape index (κ3) is 1.46. The Morgan fingerprint density at radius 1 is 1.67 bits per heavy atom. The first-order chi connectivity index (χ1) is 4.22. The molecule has 9 heavy (non-hydrogen) atoms. The van der Waals surface area contributed by atoms with Gasteiger partial charge in [0.2, 0.25) is 5.12 Å². The Labute approximate surface area is 59.6 Å². The van der Waals surface area contributed by atoms with Gasteiger partial charge in [0.05, 0.1) is 6.04 Å². The van der Waals surface area contributed by atoms with Crippen molar-refractivity contribution in [2.24, 2.45) is 0 Å². The minimum absolute atomic E-state index is 0.190. The zero-order valence-electron chi connectivity index (χ0n) is 5.76. The molecule has 1 saturated heterocycles. The summed E-state index contributed by atoms with van der Waals surface area (Å²) < 4.78 is 0. The number of thioether (sulfide) groups is 1. The first kappa shape index (κ1) is 7.09. The molecule has 1 fully saturated rings. The summed E-state index contributed by atoms with van der Waals surface area (Å²) in [7, 11) is 3.91. The van der Waals surface area contributed by atoms with Crippen molar-refractivity contribution in [3.63, 3.8) is 0 Å². The number of hydrogen-bond donors (Lipinski definition) is 0. The van der Waals surface area contributed by atoms with E-state index in [9.17, 15) is 4.79 Å². The number of hydrogen-bond acceptors (Lipinski definition) is 3. The molecular weight excluding hydrogens is 134 g/mol. The van der Waals surface area contributed by atoms with Gasteiger partial charge in [0, 0.05) is 5.75 Å². The van der Waals surface area contributed by atoms with Crippen LogP contribution in [0, 0.1) is 0 Å². The Hall–Kier alpha value is -0.0200. The lowest BCUT2D eigenvalue weighted by Gasteiger charge is -2.14. The first-order valence-electron chi connectivity index (χ1n) is 3.05. The minimum Gasteiger partial charge on any atom is -0.299 e. The Morgan fingerprint density at radius 3 is 2.56 bits per heavy atom. The van der Waals surface area contributed by atoms with E-state index in [1.54, 1.807) is 0 Å². The number of nitrogens with zero attached hydrogens (tertiary/aromatic N) is 1. The molecule has 0 aromatic heterocycles. The highest BCUT2D eigenvalue weighted by Gasteiger charge is 2.26. The topological polar surface area (TPSA) is 20.3 Å². The molecule has 0 bridgehead atoms. The molecule has 1 rings (SSSR count). The third-order valence-corrected chi connectivity index (χ3v) is 2.53. The molecule has 0 amide bonds. The van der Waals surface area contributed by atoms with Crippen molar-refractivity contribution >= 4 is 16.9 Å². The normalized spacial score (nSPS) is 27.9. The van der Waals surface area contributed by atoms with E-state index in [1.807, 2.05) is 19.0 Å². The van der Waals surface area contributed by atoms with E-state index in [0.29, 0.717) is 5.12 Å². The fraction of sp³-hybridized carbons (Fsp3) is 0.833. The van der Waals surface area contributed by atoms with Crippen molar-refractivity contribution in [1.82, 2.24) is 4.90 Å². The van der Waals surface area contributed by atoms with E-state index in [0.717, 1.165) is 12.2 Å². The second-order valence-corrected chi connectivity index (χ2v) is 3.53. The Bertz CT molecular complexity index is 124. The quantitative estimate of drug-likeness (QED) is 0.538. The summed E-state index contributed by atoms with van der Waals surface area (Å²) in [5, 5.41) is 0.333. The first-order valence-corrected chi connectivity index (χ1v) is 4.03. The molecule has 0 aromatic rings. The van der Waals surface area contributed by atoms with Crippen molar-refractivity contribution in [1.29, 1.82) is 0 Å². The Kier molecular flexibility index (Phi) is 2.13. The maximum absolute atomic E-state index is 10.9. The van der Waals surface area contributed by atoms with Crippen molar-refractivity contribution in [3.8, 4) is 0 Å². The number of likely N-dealkylation sites (N-methyl/N-ethyl adjacent to an activating group) is 1. The zero-order chi connectivity index (χ0) is 6.85. The van der Waals surface area contributed by atoms with Gasteiger partial charge in [-0.3, -0.25) is 9.69 Å².